The minimum atomic E-state index is -0.695. The second-order valence-electron chi connectivity index (χ2n) is 3.69. The number of aromatic nitrogens is 1. The number of hydrogen-bond acceptors (Lipinski definition) is 3. The number of nitrogens with zero attached hydrogens (tertiary/aromatic N) is 2. The first kappa shape index (κ1) is 10.4. The fraction of sp³-hybridized carbons (Fsp3) is 0.250. The Morgan fingerprint density at radius 1 is 1.44 bits per heavy atom. The summed E-state index contributed by atoms with van der Waals surface area (Å²) >= 11 is 0. The minimum absolute atomic E-state index is 0.0699. The lowest BCUT2D eigenvalue weighted by molar-refractivity contribution is -0.122. The molecule has 1 aliphatic heterocycles. The molecular formula is C12H11N3O. The van der Waals surface area contributed by atoms with Crippen LogP contribution in [-0.4, -0.2) is 16.9 Å². The second kappa shape index (κ2) is 4.15. The van der Waals surface area contributed by atoms with Crippen molar-refractivity contribution in [1.29, 1.82) is 5.26 Å². The summed E-state index contributed by atoms with van der Waals surface area (Å²) in [5, 5.41) is 11.6. The van der Waals surface area contributed by atoms with E-state index < -0.39 is 5.92 Å². The Morgan fingerprint density at radius 3 is 2.75 bits per heavy atom. The number of amides is 1. The molecule has 80 valence electrons. The molecule has 4 nitrogen and oxygen atoms in total. The van der Waals surface area contributed by atoms with E-state index in [1.54, 1.807) is 18.5 Å². The lowest BCUT2D eigenvalue weighted by atomic mass is 9.92. The van der Waals surface area contributed by atoms with Gasteiger partial charge in [-0.3, -0.25) is 9.78 Å². The third kappa shape index (κ3) is 1.80. The molecule has 4 heteroatoms. The molecule has 0 spiro atoms. The maximum absolute atomic E-state index is 11.4. The van der Waals surface area contributed by atoms with Crippen LogP contribution in [0.1, 0.15) is 12.5 Å². The van der Waals surface area contributed by atoms with E-state index in [-0.39, 0.29) is 11.9 Å². The highest BCUT2D eigenvalue weighted by atomic mass is 16.1. The molecule has 0 saturated heterocycles. The van der Waals surface area contributed by atoms with Crippen molar-refractivity contribution in [2.24, 2.45) is 5.92 Å². The molecule has 0 aliphatic carbocycles. The van der Waals surface area contributed by atoms with Gasteiger partial charge in [0.1, 0.15) is 5.92 Å². The van der Waals surface area contributed by atoms with E-state index >= 15 is 0 Å². The monoisotopic (exact) mass is 213 g/mol. The van der Waals surface area contributed by atoms with Gasteiger partial charge in [-0.1, -0.05) is 6.08 Å². The number of carbonyl (C=O) groups excluding carboxylic acids is 1. The van der Waals surface area contributed by atoms with Crippen LogP contribution >= 0.6 is 0 Å². The van der Waals surface area contributed by atoms with Crippen LogP contribution in [0.15, 0.2) is 30.6 Å². The largest absolute Gasteiger partial charge is 0.348 e. The van der Waals surface area contributed by atoms with Gasteiger partial charge in [-0.2, -0.15) is 5.26 Å². The predicted octanol–water partition coefficient (Wildman–Crippen LogP) is 1.12. The van der Waals surface area contributed by atoms with Gasteiger partial charge < -0.3 is 5.32 Å². The zero-order valence-corrected chi connectivity index (χ0v) is 8.84. The van der Waals surface area contributed by atoms with E-state index in [1.807, 2.05) is 25.1 Å². The van der Waals surface area contributed by atoms with E-state index in [1.165, 1.54) is 0 Å². The Labute approximate surface area is 93.6 Å². The van der Waals surface area contributed by atoms with E-state index in [2.05, 4.69) is 10.3 Å². The van der Waals surface area contributed by atoms with Gasteiger partial charge in [-0.15, -0.1) is 0 Å². The van der Waals surface area contributed by atoms with Gasteiger partial charge in [0, 0.05) is 12.4 Å². The van der Waals surface area contributed by atoms with Crippen LogP contribution in [0.2, 0.25) is 0 Å². The molecule has 0 aromatic carbocycles. The van der Waals surface area contributed by atoms with Crippen LogP contribution in [0.5, 0.6) is 0 Å². The van der Waals surface area contributed by atoms with Gasteiger partial charge in [0.15, 0.2) is 0 Å². The summed E-state index contributed by atoms with van der Waals surface area (Å²) in [4.78, 5) is 15.4. The highest BCUT2D eigenvalue weighted by molar-refractivity contribution is 5.91. The van der Waals surface area contributed by atoms with E-state index in [9.17, 15) is 4.79 Å². The van der Waals surface area contributed by atoms with Crippen molar-refractivity contribution in [3.63, 3.8) is 0 Å². The quantitative estimate of drug-likeness (QED) is 0.760. The Hall–Kier alpha value is -2.15. The first-order valence-electron chi connectivity index (χ1n) is 5.04. The van der Waals surface area contributed by atoms with Crippen LogP contribution < -0.4 is 5.32 Å². The number of pyridine rings is 1. The lowest BCUT2D eigenvalue weighted by Gasteiger charge is -2.24. The van der Waals surface area contributed by atoms with Gasteiger partial charge in [0.05, 0.1) is 12.1 Å². The van der Waals surface area contributed by atoms with Crippen molar-refractivity contribution in [2.45, 2.75) is 13.0 Å². The summed E-state index contributed by atoms with van der Waals surface area (Å²) in [6, 6.07) is 5.64. The number of nitrogens with one attached hydrogen (secondary N) is 1. The Morgan fingerprint density at radius 2 is 2.12 bits per heavy atom. The lowest BCUT2D eigenvalue weighted by Crippen LogP contribution is -2.41. The Bertz CT molecular complexity index is 473. The molecule has 1 aromatic heterocycles. The van der Waals surface area contributed by atoms with Crippen molar-refractivity contribution in [3.8, 4) is 6.07 Å². The summed E-state index contributed by atoms with van der Waals surface area (Å²) in [6.45, 7) is 1.90. The van der Waals surface area contributed by atoms with Crippen LogP contribution in [0.25, 0.3) is 5.57 Å². The normalized spacial score (nSPS) is 24.2. The fourth-order valence-electron chi connectivity index (χ4n) is 1.77. The summed E-state index contributed by atoms with van der Waals surface area (Å²) in [7, 11) is 0. The molecule has 2 atom stereocenters. The fourth-order valence-corrected chi connectivity index (χ4v) is 1.77. The first-order valence-corrected chi connectivity index (χ1v) is 5.04. The first-order chi connectivity index (χ1) is 7.72. The molecular weight excluding hydrogens is 202 g/mol. The highest BCUT2D eigenvalue weighted by Crippen LogP contribution is 2.23. The third-order valence-electron chi connectivity index (χ3n) is 2.61. The van der Waals surface area contributed by atoms with Crippen molar-refractivity contribution < 1.29 is 4.79 Å². The summed E-state index contributed by atoms with van der Waals surface area (Å²) in [5.41, 5.74) is 1.95. The molecule has 0 saturated carbocycles. The molecule has 1 amide bonds. The van der Waals surface area contributed by atoms with E-state index in [4.69, 9.17) is 5.26 Å². The maximum atomic E-state index is 11.4. The molecule has 0 bridgehead atoms. The molecule has 2 heterocycles. The molecule has 0 radical (unpaired) electrons. The van der Waals surface area contributed by atoms with E-state index in [0.717, 1.165) is 11.1 Å². The number of carbonyl (C=O) groups is 1. The zero-order chi connectivity index (χ0) is 11.5. The molecule has 2 rings (SSSR count). The Balaban J connectivity index is 2.41. The van der Waals surface area contributed by atoms with Crippen molar-refractivity contribution in [2.75, 3.05) is 0 Å². The highest BCUT2D eigenvalue weighted by Gasteiger charge is 2.26. The summed E-state index contributed by atoms with van der Waals surface area (Å²) in [5.74, 6) is -0.924. The van der Waals surface area contributed by atoms with E-state index in [0.29, 0.717) is 0 Å². The second-order valence-corrected chi connectivity index (χ2v) is 3.69. The van der Waals surface area contributed by atoms with Crippen molar-refractivity contribution in [3.05, 3.63) is 36.2 Å². The molecule has 2 unspecified atom stereocenters. The van der Waals surface area contributed by atoms with Gasteiger partial charge in [-0.25, -0.2) is 0 Å². The minimum Gasteiger partial charge on any atom is -0.348 e. The predicted molar refractivity (Wildman–Crippen MR) is 58.9 cm³/mol. The van der Waals surface area contributed by atoms with Crippen LogP contribution in [0.4, 0.5) is 0 Å². The molecule has 1 aliphatic rings. The zero-order valence-electron chi connectivity index (χ0n) is 8.84. The van der Waals surface area contributed by atoms with Gasteiger partial charge >= 0.3 is 0 Å². The smallest absolute Gasteiger partial charge is 0.241 e. The molecule has 1 aromatic rings. The third-order valence-corrected chi connectivity index (χ3v) is 2.61. The summed E-state index contributed by atoms with van der Waals surface area (Å²) in [6.07, 6.45) is 5.11. The standard InChI is InChI=1S/C12H11N3O/c1-8-11(9-2-4-14-5-3-9)6-10(7-13)12(16)15-8/h2-6,8,10H,1H3,(H,15,16). The number of hydrogen-bond donors (Lipinski definition) is 1. The maximum Gasteiger partial charge on any atom is 0.241 e. The average Bonchev–Trinajstić information content (AvgIpc) is 2.30. The topological polar surface area (TPSA) is 65.8 Å². The number of nitriles is 1. The summed E-state index contributed by atoms with van der Waals surface area (Å²) < 4.78 is 0. The van der Waals surface area contributed by atoms with Crippen LogP contribution in [0, 0.1) is 17.2 Å². The Kier molecular flexibility index (Phi) is 2.69. The van der Waals surface area contributed by atoms with Crippen LogP contribution in [-0.2, 0) is 4.79 Å². The van der Waals surface area contributed by atoms with Gasteiger partial charge in [0.2, 0.25) is 5.91 Å². The van der Waals surface area contributed by atoms with Gasteiger partial charge in [-0.05, 0) is 30.2 Å². The van der Waals surface area contributed by atoms with Gasteiger partial charge in [0.25, 0.3) is 0 Å². The van der Waals surface area contributed by atoms with Crippen molar-refractivity contribution in [1.82, 2.24) is 10.3 Å². The molecule has 0 fully saturated rings. The SMILES string of the molecule is CC1NC(=O)C(C#N)C=C1c1ccncc1. The number of rotatable bonds is 1. The average molecular weight is 213 g/mol. The molecule has 1 N–H and O–H groups in total. The van der Waals surface area contributed by atoms with Crippen LogP contribution in [0.3, 0.4) is 0 Å². The van der Waals surface area contributed by atoms with Crippen molar-refractivity contribution >= 4 is 11.5 Å². The molecule has 16 heavy (non-hydrogen) atoms.